The molecule has 3 nitrogen and oxygen atoms in total. The van der Waals surface area contributed by atoms with Crippen LogP contribution in [0.1, 0.15) is 17.5 Å². The van der Waals surface area contributed by atoms with E-state index in [9.17, 15) is 0 Å². The van der Waals surface area contributed by atoms with Gasteiger partial charge in [0.2, 0.25) is 0 Å². The smallest absolute Gasteiger partial charge is 0.0848 e. The predicted molar refractivity (Wildman–Crippen MR) is 63.3 cm³/mol. The van der Waals surface area contributed by atoms with Crippen molar-refractivity contribution in [3.8, 4) is 0 Å². The second-order valence-electron chi connectivity index (χ2n) is 4.40. The van der Waals surface area contributed by atoms with Gasteiger partial charge >= 0.3 is 0 Å². The van der Waals surface area contributed by atoms with Crippen LogP contribution in [-0.2, 0) is 17.6 Å². The molecule has 0 aliphatic heterocycles. The fraction of sp³-hybridized carbons (Fsp3) is 0.538. The van der Waals surface area contributed by atoms with Gasteiger partial charge in [0.15, 0.2) is 0 Å². The number of fused-ring (bicyclic) bond motifs is 1. The summed E-state index contributed by atoms with van der Waals surface area (Å²) < 4.78 is 5.75. The summed E-state index contributed by atoms with van der Waals surface area (Å²) in [6.45, 7) is 0.949. The molecule has 2 rings (SSSR count). The molecule has 16 heavy (non-hydrogen) atoms. The molecule has 0 fully saturated rings. The van der Waals surface area contributed by atoms with E-state index in [0.717, 1.165) is 19.3 Å². The Morgan fingerprint density at radius 3 is 2.75 bits per heavy atom. The van der Waals surface area contributed by atoms with E-state index in [1.165, 1.54) is 11.1 Å². The first kappa shape index (κ1) is 11.6. The zero-order valence-corrected chi connectivity index (χ0v) is 9.48. The third kappa shape index (κ3) is 2.26. The first-order valence-electron chi connectivity index (χ1n) is 5.81. The molecule has 0 amide bonds. The van der Waals surface area contributed by atoms with Gasteiger partial charge in [-0.3, -0.25) is 0 Å². The van der Waals surface area contributed by atoms with E-state index >= 15 is 0 Å². The summed E-state index contributed by atoms with van der Waals surface area (Å²) in [6, 6.07) is 8.43. The van der Waals surface area contributed by atoms with Gasteiger partial charge in [-0.05, 0) is 24.0 Å². The second kappa shape index (κ2) is 4.95. The monoisotopic (exact) mass is 221 g/mol. The summed E-state index contributed by atoms with van der Waals surface area (Å²) in [5.41, 5.74) is 8.30. The molecule has 3 heteroatoms. The summed E-state index contributed by atoms with van der Waals surface area (Å²) in [5.74, 6) is 0. The number of rotatable bonds is 4. The Balaban J connectivity index is 2.15. The molecular weight excluding hydrogens is 202 g/mol. The third-order valence-electron chi connectivity index (χ3n) is 3.35. The van der Waals surface area contributed by atoms with Crippen molar-refractivity contribution in [3.63, 3.8) is 0 Å². The maximum Gasteiger partial charge on any atom is 0.0848 e. The average molecular weight is 221 g/mol. The normalized spacial score (nSPS) is 24.1. The highest BCUT2D eigenvalue weighted by atomic mass is 16.5. The van der Waals surface area contributed by atoms with Crippen molar-refractivity contribution >= 4 is 0 Å². The number of hydrogen-bond donors (Lipinski definition) is 2. The molecule has 0 radical (unpaired) electrons. The van der Waals surface area contributed by atoms with Crippen LogP contribution in [0.15, 0.2) is 24.3 Å². The topological polar surface area (TPSA) is 55.5 Å². The summed E-state index contributed by atoms with van der Waals surface area (Å²) in [4.78, 5) is 0. The molecule has 1 aromatic rings. The average Bonchev–Trinajstić information content (AvgIpc) is 2.36. The van der Waals surface area contributed by atoms with Crippen LogP contribution in [0.4, 0.5) is 0 Å². The van der Waals surface area contributed by atoms with Crippen molar-refractivity contribution in [2.45, 2.75) is 24.9 Å². The van der Waals surface area contributed by atoms with E-state index in [2.05, 4.69) is 24.3 Å². The van der Waals surface area contributed by atoms with Gasteiger partial charge in [-0.1, -0.05) is 24.3 Å². The van der Waals surface area contributed by atoms with E-state index in [0.29, 0.717) is 13.2 Å². The largest absolute Gasteiger partial charge is 0.394 e. The van der Waals surface area contributed by atoms with Crippen molar-refractivity contribution in [1.82, 2.24) is 0 Å². The van der Waals surface area contributed by atoms with E-state index < -0.39 is 0 Å². The molecule has 1 aliphatic carbocycles. The highest BCUT2D eigenvalue weighted by molar-refractivity contribution is 5.31. The maximum absolute atomic E-state index is 8.84. The minimum absolute atomic E-state index is 0.0589. The van der Waals surface area contributed by atoms with Crippen LogP contribution in [0.25, 0.3) is 0 Å². The van der Waals surface area contributed by atoms with Gasteiger partial charge in [0.25, 0.3) is 0 Å². The van der Waals surface area contributed by atoms with Crippen molar-refractivity contribution < 1.29 is 9.84 Å². The van der Waals surface area contributed by atoms with Crippen LogP contribution < -0.4 is 5.73 Å². The van der Waals surface area contributed by atoms with Gasteiger partial charge in [-0.25, -0.2) is 0 Å². The zero-order valence-electron chi connectivity index (χ0n) is 9.48. The van der Waals surface area contributed by atoms with E-state index in [1.807, 2.05) is 0 Å². The number of ether oxygens (including phenoxy) is 1. The Kier molecular flexibility index (Phi) is 3.59. The molecule has 0 bridgehead atoms. The summed E-state index contributed by atoms with van der Waals surface area (Å²) >= 11 is 0. The minimum Gasteiger partial charge on any atom is -0.394 e. The zero-order chi connectivity index (χ0) is 11.4. The van der Waals surface area contributed by atoms with E-state index in [-0.39, 0.29) is 12.2 Å². The van der Waals surface area contributed by atoms with Crippen LogP contribution in [0.2, 0.25) is 0 Å². The fourth-order valence-corrected chi connectivity index (χ4v) is 2.39. The number of aryl methyl sites for hydroxylation is 1. The molecule has 1 atom stereocenters. The fourth-order valence-electron chi connectivity index (χ4n) is 2.39. The highest BCUT2D eigenvalue weighted by Gasteiger charge is 2.33. The van der Waals surface area contributed by atoms with Gasteiger partial charge in [0.1, 0.15) is 0 Å². The number of aliphatic hydroxyl groups is 1. The van der Waals surface area contributed by atoms with Gasteiger partial charge in [0, 0.05) is 13.0 Å². The van der Waals surface area contributed by atoms with Crippen LogP contribution in [0.3, 0.4) is 0 Å². The number of hydrogen-bond acceptors (Lipinski definition) is 3. The molecule has 1 aliphatic rings. The van der Waals surface area contributed by atoms with Crippen LogP contribution in [-0.4, -0.2) is 30.5 Å². The summed E-state index contributed by atoms with van der Waals surface area (Å²) in [7, 11) is 0. The second-order valence-corrected chi connectivity index (χ2v) is 4.40. The Labute approximate surface area is 96.2 Å². The van der Waals surface area contributed by atoms with Crippen molar-refractivity contribution in [2.75, 3.05) is 19.8 Å². The Morgan fingerprint density at radius 2 is 2.06 bits per heavy atom. The summed E-state index contributed by atoms with van der Waals surface area (Å²) in [5, 5.41) is 8.84. The van der Waals surface area contributed by atoms with Crippen LogP contribution >= 0.6 is 0 Å². The molecule has 0 spiro atoms. The van der Waals surface area contributed by atoms with Crippen molar-refractivity contribution in [2.24, 2.45) is 5.73 Å². The summed E-state index contributed by atoms with van der Waals surface area (Å²) in [6.07, 6.45) is 2.82. The Hall–Kier alpha value is -0.900. The number of nitrogens with two attached hydrogens (primary N) is 1. The highest BCUT2D eigenvalue weighted by Crippen LogP contribution is 2.30. The van der Waals surface area contributed by atoms with Crippen molar-refractivity contribution in [3.05, 3.63) is 35.4 Å². The molecule has 3 N–H and O–H groups in total. The molecule has 1 aromatic carbocycles. The molecule has 0 aromatic heterocycles. The lowest BCUT2D eigenvalue weighted by molar-refractivity contribution is -0.0602. The first-order chi connectivity index (χ1) is 7.79. The predicted octanol–water partition coefficient (Wildman–Crippen LogP) is 0.882. The van der Waals surface area contributed by atoms with Crippen LogP contribution in [0.5, 0.6) is 0 Å². The standard InChI is InChI=1S/C13H19NO2/c14-10-13(16-8-7-15)6-5-11-3-1-2-4-12(11)9-13/h1-4,15H,5-10,14H2. The first-order valence-corrected chi connectivity index (χ1v) is 5.81. The molecule has 0 saturated carbocycles. The maximum atomic E-state index is 8.84. The van der Waals surface area contributed by atoms with Gasteiger partial charge in [-0.2, -0.15) is 0 Å². The molecule has 88 valence electrons. The van der Waals surface area contributed by atoms with Gasteiger partial charge in [-0.15, -0.1) is 0 Å². The molecule has 0 heterocycles. The van der Waals surface area contributed by atoms with Crippen molar-refractivity contribution in [1.29, 1.82) is 0 Å². The quantitative estimate of drug-likeness (QED) is 0.793. The Morgan fingerprint density at radius 1 is 1.31 bits per heavy atom. The number of benzene rings is 1. The Bertz CT molecular complexity index is 354. The lowest BCUT2D eigenvalue weighted by Crippen LogP contribution is -2.46. The number of aliphatic hydroxyl groups excluding tert-OH is 1. The molecular formula is C13H19NO2. The van der Waals surface area contributed by atoms with Gasteiger partial charge < -0.3 is 15.6 Å². The van der Waals surface area contributed by atoms with E-state index in [4.69, 9.17) is 15.6 Å². The van der Waals surface area contributed by atoms with Crippen LogP contribution in [0, 0.1) is 0 Å². The molecule has 1 unspecified atom stereocenters. The lowest BCUT2D eigenvalue weighted by Gasteiger charge is -2.37. The lowest BCUT2D eigenvalue weighted by atomic mass is 9.80. The minimum atomic E-state index is -0.267. The van der Waals surface area contributed by atoms with Gasteiger partial charge in [0.05, 0.1) is 18.8 Å². The molecule has 0 saturated heterocycles. The SMILES string of the molecule is NCC1(OCCO)CCc2ccccc2C1. The van der Waals surface area contributed by atoms with E-state index in [1.54, 1.807) is 0 Å². The third-order valence-corrected chi connectivity index (χ3v) is 3.35.